The third-order valence-electron chi connectivity index (χ3n) is 7.33. The first kappa shape index (κ1) is 31.2. The van der Waals surface area contributed by atoms with Crippen molar-refractivity contribution in [2.75, 3.05) is 42.3 Å². The van der Waals surface area contributed by atoms with E-state index in [2.05, 4.69) is 26.0 Å². The fourth-order valence-corrected chi connectivity index (χ4v) is 6.07. The minimum Gasteiger partial charge on any atom is -0.494 e. The number of nitrogens with one attached hydrogen (secondary N) is 3. The minimum absolute atomic E-state index is 0.0213. The molecule has 0 unspecified atom stereocenters. The maximum absolute atomic E-state index is 13.2. The standard InChI is InChI=1S/C27H34B3N7O6S/c1-36-21(26(40)37-8-10-44(41,42)11-9-37)12-20(35-36)16-4-3-5-18(23(16)43-2)32-19-13-22(33-24(38)15-6-7-15)31-14-17(19)25(39)34-27(28,29)30/h3-5,12-15H,6-11,28-30H2,1-2H3,(H,34,39)(H2,31,32,33,38). The van der Waals surface area contributed by atoms with Crippen molar-refractivity contribution in [2.24, 2.45) is 13.0 Å². The Kier molecular flexibility index (Phi) is 8.52. The zero-order valence-corrected chi connectivity index (χ0v) is 26.2. The predicted octanol–water partition coefficient (Wildman–Crippen LogP) is -1.31. The van der Waals surface area contributed by atoms with Crippen molar-refractivity contribution < 1.29 is 27.5 Å². The number of pyridine rings is 1. The highest BCUT2D eigenvalue weighted by atomic mass is 32.2. The number of anilines is 3. The Morgan fingerprint density at radius 3 is 2.41 bits per heavy atom. The number of aryl methyl sites for hydroxylation is 1. The van der Waals surface area contributed by atoms with Crippen molar-refractivity contribution in [3.63, 3.8) is 0 Å². The molecule has 17 heteroatoms. The largest absolute Gasteiger partial charge is 0.494 e. The van der Waals surface area contributed by atoms with E-state index < -0.39 is 15.1 Å². The number of para-hydroxylation sites is 1. The smallest absolute Gasteiger partial charge is 0.272 e. The van der Waals surface area contributed by atoms with Crippen molar-refractivity contribution >= 4 is 68.3 Å². The summed E-state index contributed by atoms with van der Waals surface area (Å²) < 4.78 is 31.0. The van der Waals surface area contributed by atoms with Crippen molar-refractivity contribution in [1.29, 1.82) is 0 Å². The molecule has 0 atom stereocenters. The SMILES string of the molecule is BC(B)(B)NC(=O)c1cnc(NC(=O)C2CC2)cc1Nc1cccc(-c2cc(C(=O)N3CCS(=O)(=O)CC3)n(C)n2)c1OC. The fraction of sp³-hybridized carbons (Fsp3) is 0.370. The highest BCUT2D eigenvalue weighted by Crippen LogP contribution is 2.39. The average Bonchev–Trinajstić information content (AvgIpc) is 3.73. The number of rotatable bonds is 9. The summed E-state index contributed by atoms with van der Waals surface area (Å²) in [6.45, 7) is 0.259. The Morgan fingerprint density at radius 1 is 1.07 bits per heavy atom. The van der Waals surface area contributed by atoms with E-state index in [0.29, 0.717) is 39.9 Å². The molecule has 0 spiro atoms. The van der Waals surface area contributed by atoms with Gasteiger partial charge in [-0.3, -0.25) is 19.1 Å². The van der Waals surface area contributed by atoms with E-state index in [0.717, 1.165) is 12.8 Å². The summed E-state index contributed by atoms with van der Waals surface area (Å²) in [4.78, 5) is 44.8. The lowest BCUT2D eigenvalue weighted by Gasteiger charge is -2.26. The number of carbonyl (C=O) groups excluding carboxylic acids is 3. The van der Waals surface area contributed by atoms with Crippen LogP contribution in [0.15, 0.2) is 36.5 Å². The molecule has 1 saturated heterocycles. The van der Waals surface area contributed by atoms with Crippen molar-refractivity contribution in [1.82, 2.24) is 25.0 Å². The number of methoxy groups -OCH3 is 1. The molecule has 2 fully saturated rings. The van der Waals surface area contributed by atoms with Crippen LogP contribution in [0.25, 0.3) is 11.3 Å². The lowest BCUT2D eigenvalue weighted by molar-refractivity contribution is -0.117. The Labute approximate surface area is 258 Å². The van der Waals surface area contributed by atoms with Gasteiger partial charge in [-0.2, -0.15) is 5.10 Å². The molecule has 228 valence electrons. The van der Waals surface area contributed by atoms with E-state index in [1.165, 1.54) is 22.9 Å². The molecule has 2 aliphatic rings. The average molecular weight is 617 g/mol. The van der Waals surface area contributed by atoms with E-state index >= 15 is 0 Å². The van der Waals surface area contributed by atoms with E-state index in [1.54, 1.807) is 37.4 Å². The molecule has 0 radical (unpaired) electrons. The summed E-state index contributed by atoms with van der Waals surface area (Å²) in [6.07, 6.45) is 3.10. The van der Waals surface area contributed by atoms with Gasteiger partial charge >= 0.3 is 0 Å². The molecule has 3 heterocycles. The van der Waals surface area contributed by atoms with Crippen LogP contribution < -0.4 is 20.7 Å². The second-order valence-electron chi connectivity index (χ2n) is 12.1. The van der Waals surface area contributed by atoms with Crippen LogP contribution in [-0.2, 0) is 21.7 Å². The minimum atomic E-state index is -3.14. The van der Waals surface area contributed by atoms with Gasteiger partial charge in [0.25, 0.3) is 11.8 Å². The molecular weight excluding hydrogens is 583 g/mol. The number of aromatic nitrogens is 3. The number of hydrogen-bond donors (Lipinski definition) is 3. The monoisotopic (exact) mass is 617 g/mol. The molecule has 3 amide bonds. The lowest BCUT2D eigenvalue weighted by Crippen LogP contribution is -2.50. The van der Waals surface area contributed by atoms with E-state index in [4.69, 9.17) is 4.74 Å². The van der Waals surface area contributed by atoms with Crippen LogP contribution in [0.3, 0.4) is 0 Å². The molecular formula is C27H34B3N7O6S. The van der Waals surface area contributed by atoms with Crippen molar-refractivity contribution in [3.8, 4) is 17.0 Å². The highest BCUT2D eigenvalue weighted by Gasteiger charge is 2.31. The topological polar surface area (TPSA) is 165 Å². The van der Waals surface area contributed by atoms with Crippen LogP contribution in [0.5, 0.6) is 5.75 Å². The number of hydrogen-bond acceptors (Lipinski definition) is 9. The third kappa shape index (κ3) is 7.09. The van der Waals surface area contributed by atoms with Gasteiger partial charge in [0.2, 0.25) is 5.91 Å². The summed E-state index contributed by atoms with van der Waals surface area (Å²) in [5.74, 6) is -0.193. The third-order valence-corrected chi connectivity index (χ3v) is 8.94. The molecule has 1 aliphatic heterocycles. The molecule has 3 N–H and O–H groups in total. The number of amides is 3. The summed E-state index contributed by atoms with van der Waals surface area (Å²) in [5.41, 5.74) is 2.56. The normalized spacial score (nSPS) is 16.2. The Hall–Kier alpha value is -4.27. The first-order chi connectivity index (χ1) is 20.7. The lowest BCUT2D eigenvalue weighted by atomic mass is 9.49. The number of benzene rings is 1. The first-order valence-corrected chi connectivity index (χ1v) is 16.2. The van der Waals surface area contributed by atoms with Gasteiger partial charge in [0, 0.05) is 43.9 Å². The zero-order valence-electron chi connectivity index (χ0n) is 25.4. The molecule has 1 aliphatic carbocycles. The van der Waals surface area contributed by atoms with Crippen molar-refractivity contribution in [3.05, 3.63) is 47.8 Å². The van der Waals surface area contributed by atoms with E-state index in [9.17, 15) is 22.8 Å². The van der Waals surface area contributed by atoms with Crippen LogP contribution in [0.1, 0.15) is 33.7 Å². The summed E-state index contributed by atoms with van der Waals surface area (Å²) in [5, 5.41) is 13.1. The summed E-state index contributed by atoms with van der Waals surface area (Å²) in [7, 11) is 5.65. The molecule has 3 aromatic rings. The second-order valence-corrected chi connectivity index (χ2v) is 14.4. The highest BCUT2D eigenvalue weighted by molar-refractivity contribution is 7.91. The summed E-state index contributed by atoms with van der Waals surface area (Å²) in [6, 6.07) is 8.63. The summed E-state index contributed by atoms with van der Waals surface area (Å²) >= 11 is 0. The zero-order chi connectivity index (χ0) is 31.8. The number of ether oxygens (including phenoxy) is 1. The molecule has 1 saturated carbocycles. The van der Waals surface area contributed by atoms with Gasteiger partial charge in [-0.1, -0.05) is 6.07 Å². The Morgan fingerprint density at radius 2 is 1.77 bits per heavy atom. The molecule has 1 aromatic carbocycles. The maximum Gasteiger partial charge on any atom is 0.272 e. The van der Waals surface area contributed by atoms with Crippen molar-refractivity contribution in [2.45, 2.75) is 18.1 Å². The van der Waals surface area contributed by atoms with Gasteiger partial charge in [0.1, 0.15) is 35.1 Å². The van der Waals surface area contributed by atoms with Gasteiger partial charge < -0.3 is 25.6 Å². The molecule has 0 bridgehead atoms. The molecule has 13 nitrogen and oxygen atoms in total. The van der Waals surface area contributed by atoms with Crippen LogP contribution >= 0.6 is 0 Å². The van der Waals surface area contributed by atoms with Gasteiger partial charge in [0.05, 0.1) is 41.2 Å². The van der Waals surface area contributed by atoms with Gasteiger partial charge in [-0.05, 0) is 36.3 Å². The van der Waals surface area contributed by atoms with Gasteiger partial charge in [0.15, 0.2) is 15.6 Å². The maximum atomic E-state index is 13.2. The predicted molar refractivity (Wildman–Crippen MR) is 174 cm³/mol. The first-order valence-electron chi connectivity index (χ1n) is 14.4. The van der Waals surface area contributed by atoms with Crippen LogP contribution in [0.4, 0.5) is 17.2 Å². The second kappa shape index (κ2) is 12.0. The van der Waals surface area contributed by atoms with Crippen LogP contribution in [0.2, 0.25) is 0 Å². The van der Waals surface area contributed by atoms with Gasteiger partial charge in [-0.25, -0.2) is 13.4 Å². The quantitative estimate of drug-likeness (QED) is 0.248. The molecule has 44 heavy (non-hydrogen) atoms. The number of nitrogens with zero attached hydrogens (tertiary/aromatic N) is 4. The molecule has 2 aromatic heterocycles. The van der Waals surface area contributed by atoms with E-state index in [1.807, 2.05) is 23.5 Å². The number of sulfone groups is 1. The van der Waals surface area contributed by atoms with Gasteiger partial charge in [-0.15, -0.1) is 0 Å². The Balaban J connectivity index is 1.47. The Bertz CT molecular complexity index is 1720. The molecule has 5 rings (SSSR count). The van der Waals surface area contributed by atoms with E-state index in [-0.39, 0.29) is 53.8 Å². The van der Waals surface area contributed by atoms with Crippen LogP contribution in [0, 0.1) is 5.92 Å². The fourth-order valence-electron chi connectivity index (χ4n) is 4.87. The van der Waals surface area contributed by atoms with Crippen LogP contribution in [-0.4, -0.2) is 106 Å². The number of carbonyl (C=O) groups is 3.